The number of carbonyl (C=O) groups excluding carboxylic acids is 1. The molecular weight excluding hydrogens is 348 g/mol. The van der Waals surface area contributed by atoms with Crippen LogP contribution in [0, 0.1) is 0 Å². The second-order valence-corrected chi connectivity index (χ2v) is 6.54. The Balaban J connectivity index is 1.64. The van der Waals surface area contributed by atoms with Crippen molar-refractivity contribution in [2.24, 2.45) is 0 Å². The largest absolute Gasteiger partial charge is 0.497 e. The third-order valence-corrected chi connectivity index (χ3v) is 4.63. The fraction of sp³-hybridized carbons (Fsp3) is 0.500. The summed E-state index contributed by atoms with van der Waals surface area (Å²) < 4.78 is 21.6. The minimum atomic E-state index is -0.223. The zero-order chi connectivity index (χ0) is 19.1. The Morgan fingerprint density at radius 1 is 1.30 bits per heavy atom. The van der Waals surface area contributed by atoms with Crippen LogP contribution in [0.2, 0.25) is 0 Å². The molecule has 7 heteroatoms. The molecule has 1 saturated heterocycles. The summed E-state index contributed by atoms with van der Waals surface area (Å²) in [4.78, 5) is 18.1. The molecule has 0 amide bonds. The molecule has 1 aromatic carbocycles. The van der Waals surface area contributed by atoms with Crippen LogP contribution in [-0.4, -0.2) is 55.9 Å². The highest BCUT2D eigenvalue weighted by molar-refractivity contribution is 5.69. The van der Waals surface area contributed by atoms with Crippen molar-refractivity contribution in [3.05, 3.63) is 36.4 Å². The van der Waals surface area contributed by atoms with Crippen LogP contribution in [-0.2, 0) is 20.8 Å². The smallest absolute Gasteiger partial charge is 0.306 e. The van der Waals surface area contributed by atoms with E-state index in [0.717, 1.165) is 37.3 Å². The Bertz CT molecular complexity index is 722. The number of carbonyl (C=O) groups is 1. The van der Waals surface area contributed by atoms with Crippen molar-refractivity contribution >= 4 is 5.97 Å². The van der Waals surface area contributed by atoms with E-state index >= 15 is 0 Å². The quantitative estimate of drug-likeness (QED) is 0.625. The highest BCUT2D eigenvalue weighted by atomic mass is 16.5. The van der Waals surface area contributed by atoms with Crippen LogP contribution < -0.4 is 4.74 Å². The Morgan fingerprint density at radius 2 is 2.11 bits per heavy atom. The predicted molar refractivity (Wildman–Crippen MR) is 99.4 cm³/mol. The summed E-state index contributed by atoms with van der Waals surface area (Å²) in [6, 6.07) is 7.64. The lowest BCUT2D eigenvalue weighted by molar-refractivity contribution is -0.141. The molecule has 146 valence electrons. The van der Waals surface area contributed by atoms with Crippen molar-refractivity contribution in [2.75, 3.05) is 33.9 Å². The normalized spacial score (nSPS) is 16.6. The Labute approximate surface area is 159 Å². The number of hydrogen-bond acceptors (Lipinski definition) is 7. The van der Waals surface area contributed by atoms with Crippen LogP contribution in [0.25, 0.3) is 11.3 Å². The van der Waals surface area contributed by atoms with Gasteiger partial charge in [-0.2, -0.15) is 0 Å². The minimum absolute atomic E-state index is 0.193. The van der Waals surface area contributed by atoms with Gasteiger partial charge >= 0.3 is 5.97 Å². The molecule has 7 nitrogen and oxygen atoms in total. The highest BCUT2D eigenvalue weighted by Crippen LogP contribution is 2.24. The van der Waals surface area contributed by atoms with E-state index in [1.54, 1.807) is 13.3 Å². The van der Waals surface area contributed by atoms with Gasteiger partial charge in [-0.3, -0.25) is 9.69 Å². The second kappa shape index (κ2) is 9.53. The van der Waals surface area contributed by atoms with Gasteiger partial charge in [0.25, 0.3) is 0 Å². The third-order valence-electron chi connectivity index (χ3n) is 4.63. The zero-order valence-corrected chi connectivity index (χ0v) is 15.8. The standard InChI is InChI=1S/C20H26N2O5/c1-24-16-7-5-15(6-8-16)18-12-21-19(27-18)14-22(10-9-20(23)25-2)13-17-4-3-11-26-17/h5-8,12,17H,3-4,9-11,13-14H2,1-2H3. The lowest BCUT2D eigenvalue weighted by Crippen LogP contribution is -2.33. The molecule has 2 heterocycles. The average molecular weight is 374 g/mol. The first-order valence-corrected chi connectivity index (χ1v) is 9.18. The molecule has 1 aliphatic rings. The van der Waals surface area contributed by atoms with E-state index in [1.807, 2.05) is 24.3 Å². The lowest BCUT2D eigenvalue weighted by atomic mass is 10.2. The van der Waals surface area contributed by atoms with E-state index in [1.165, 1.54) is 7.11 Å². The number of ether oxygens (including phenoxy) is 3. The van der Waals surface area contributed by atoms with E-state index < -0.39 is 0 Å². The lowest BCUT2D eigenvalue weighted by Gasteiger charge is -2.23. The Morgan fingerprint density at radius 3 is 2.78 bits per heavy atom. The molecule has 1 atom stereocenters. The van der Waals surface area contributed by atoms with Crippen LogP contribution in [0.5, 0.6) is 5.75 Å². The van der Waals surface area contributed by atoms with Gasteiger partial charge in [0.1, 0.15) is 5.75 Å². The van der Waals surface area contributed by atoms with Crippen LogP contribution in [0.15, 0.2) is 34.9 Å². The van der Waals surface area contributed by atoms with E-state index in [-0.39, 0.29) is 12.1 Å². The third kappa shape index (κ3) is 5.55. The fourth-order valence-corrected chi connectivity index (χ4v) is 3.13. The number of methoxy groups -OCH3 is 2. The Kier molecular flexibility index (Phi) is 6.84. The van der Waals surface area contributed by atoms with Crippen LogP contribution in [0.1, 0.15) is 25.2 Å². The number of hydrogen-bond donors (Lipinski definition) is 0. The summed E-state index contributed by atoms with van der Waals surface area (Å²) >= 11 is 0. The topological polar surface area (TPSA) is 74.0 Å². The molecule has 1 unspecified atom stereocenters. The summed E-state index contributed by atoms with van der Waals surface area (Å²) in [5.74, 6) is 1.89. The summed E-state index contributed by atoms with van der Waals surface area (Å²) in [5.41, 5.74) is 0.940. The molecule has 0 radical (unpaired) electrons. The zero-order valence-electron chi connectivity index (χ0n) is 15.8. The van der Waals surface area contributed by atoms with Gasteiger partial charge in [0.2, 0.25) is 5.89 Å². The maximum Gasteiger partial charge on any atom is 0.306 e. The van der Waals surface area contributed by atoms with E-state index in [0.29, 0.717) is 31.2 Å². The summed E-state index contributed by atoms with van der Waals surface area (Å²) in [7, 11) is 3.04. The number of rotatable bonds is 9. The number of benzene rings is 1. The molecule has 27 heavy (non-hydrogen) atoms. The number of nitrogens with zero attached hydrogens (tertiary/aromatic N) is 2. The molecule has 0 saturated carbocycles. The van der Waals surface area contributed by atoms with Crippen molar-refractivity contribution in [1.82, 2.24) is 9.88 Å². The van der Waals surface area contributed by atoms with Crippen molar-refractivity contribution in [3.63, 3.8) is 0 Å². The highest BCUT2D eigenvalue weighted by Gasteiger charge is 2.21. The van der Waals surface area contributed by atoms with Gasteiger partial charge < -0.3 is 18.6 Å². The average Bonchev–Trinajstić information content (AvgIpc) is 3.38. The molecule has 3 rings (SSSR count). The van der Waals surface area contributed by atoms with Gasteiger partial charge in [0.15, 0.2) is 5.76 Å². The second-order valence-electron chi connectivity index (χ2n) is 6.54. The Hall–Kier alpha value is -2.38. The first-order chi connectivity index (χ1) is 13.2. The van der Waals surface area contributed by atoms with E-state index in [2.05, 4.69) is 9.88 Å². The summed E-state index contributed by atoms with van der Waals surface area (Å²) in [6.07, 6.45) is 4.36. The van der Waals surface area contributed by atoms with Gasteiger partial charge in [-0.1, -0.05) is 0 Å². The minimum Gasteiger partial charge on any atom is -0.497 e. The molecule has 0 spiro atoms. The molecular formula is C20H26N2O5. The van der Waals surface area contributed by atoms with E-state index in [9.17, 15) is 4.79 Å². The first kappa shape index (κ1) is 19.4. The van der Waals surface area contributed by atoms with Gasteiger partial charge in [-0.25, -0.2) is 4.98 Å². The van der Waals surface area contributed by atoms with Crippen molar-refractivity contribution in [3.8, 4) is 17.1 Å². The van der Waals surface area contributed by atoms with Gasteiger partial charge in [-0.15, -0.1) is 0 Å². The molecule has 0 bridgehead atoms. The number of oxazole rings is 1. The predicted octanol–water partition coefficient (Wildman–Crippen LogP) is 2.89. The monoisotopic (exact) mass is 374 g/mol. The number of aromatic nitrogens is 1. The molecule has 2 aromatic rings. The van der Waals surface area contributed by atoms with Crippen LogP contribution in [0.3, 0.4) is 0 Å². The van der Waals surface area contributed by atoms with Crippen molar-refractivity contribution in [2.45, 2.75) is 31.9 Å². The van der Waals surface area contributed by atoms with Gasteiger partial charge in [0.05, 0.1) is 39.5 Å². The van der Waals surface area contributed by atoms with Crippen LogP contribution >= 0.6 is 0 Å². The molecule has 0 aliphatic carbocycles. The van der Waals surface area contributed by atoms with Gasteiger partial charge in [-0.05, 0) is 37.1 Å². The van der Waals surface area contributed by atoms with Crippen LogP contribution in [0.4, 0.5) is 0 Å². The summed E-state index contributed by atoms with van der Waals surface area (Å²) in [5, 5.41) is 0. The maximum absolute atomic E-state index is 11.5. The molecule has 1 aromatic heterocycles. The van der Waals surface area contributed by atoms with Crippen molar-refractivity contribution < 1.29 is 23.4 Å². The first-order valence-electron chi connectivity index (χ1n) is 9.18. The van der Waals surface area contributed by atoms with E-state index in [4.69, 9.17) is 18.6 Å². The molecule has 1 aliphatic heterocycles. The number of esters is 1. The van der Waals surface area contributed by atoms with Gasteiger partial charge in [0, 0.05) is 25.3 Å². The molecule has 0 N–H and O–H groups in total. The molecule has 1 fully saturated rings. The maximum atomic E-state index is 11.5. The van der Waals surface area contributed by atoms with Crippen molar-refractivity contribution in [1.29, 1.82) is 0 Å². The SMILES string of the molecule is COC(=O)CCN(Cc1ncc(-c2ccc(OC)cc2)o1)CC1CCCO1. The fourth-order valence-electron chi connectivity index (χ4n) is 3.13. The summed E-state index contributed by atoms with van der Waals surface area (Å²) in [6.45, 7) is 2.65.